The summed E-state index contributed by atoms with van der Waals surface area (Å²) >= 11 is 0. The molecule has 2 aliphatic rings. The Morgan fingerprint density at radius 3 is 2.88 bits per heavy atom. The van der Waals surface area contributed by atoms with Gasteiger partial charge in [0.2, 0.25) is 5.95 Å². The number of benzene rings is 1. The SMILES string of the molecule is C[C@@H](Nc1ncc(F)cc1C(=O)O)c1cccc2c(=O)n(C)c(N3CC4=C(CCC=C4)C3)nc12. The summed E-state index contributed by atoms with van der Waals surface area (Å²) in [6.45, 7) is 3.27. The highest BCUT2D eigenvalue weighted by atomic mass is 19.1. The van der Waals surface area contributed by atoms with E-state index in [0.29, 0.717) is 23.4 Å². The Morgan fingerprint density at radius 1 is 1.29 bits per heavy atom. The van der Waals surface area contributed by atoms with Crippen molar-refractivity contribution in [1.82, 2.24) is 14.5 Å². The van der Waals surface area contributed by atoms with Crippen molar-refractivity contribution >= 4 is 28.6 Å². The number of carboxylic acids is 1. The fourth-order valence-corrected chi connectivity index (χ4v) is 4.68. The molecule has 1 aliphatic heterocycles. The quantitative estimate of drug-likeness (QED) is 0.596. The molecule has 9 heteroatoms. The van der Waals surface area contributed by atoms with E-state index >= 15 is 0 Å². The van der Waals surface area contributed by atoms with Crippen LogP contribution in [0.4, 0.5) is 16.2 Å². The first-order valence-electron chi connectivity index (χ1n) is 11.1. The number of carbonyl (C=O) groups is 1. The minimum Gasteiger partial charge on any atom is -0.478 e. The predicted octanol–water partition coefficient (Wildman–Crippen LogP) is 3.81. The van der Waals surface area contributed by atoms with Crippen molar-refractivity contribution in [2.75, 3.05) is 23.3 Å². The van der Waals surface area contributed by atoms with Gasteiger partial charge in [-0.3, -0.25) is 9.36 Å². The number of carboxylic acid groups (broad SMARTS) is 1. The fourth-order valence-electron chi connectivity index (χ4n) is 4.68. The van der Waals surface area contributed by atoms with Gasteiger partial charge in [0.15, 0.2) is 0 Å². The Balaban J connectivity index is 1.55. The van der Waals surface area contributed by atoms with E-state index in [2.05, 4.69) is 27.4 Å². The zero-order valence-corrected chi connectivity index (χ0v) is 18.9. The smallest absolute Gasteiger partial charge is 0.339 e. The van der Waals surface area contributed by atoms with Crippen molar-refractivity contribution in [2.45, 2.75) is 25.8 Å². The number of aromatic carboxylic acids is 1. The van der Waals surface area contributed by atoms with Gasteiger partial charge in [0.05, 0.1) is 23.1 Å². The Morgan fingerprint density at radius 2 is 2.12 bits per heavy atom. The molecule has 174 valence electrons. The molecular formula is C25H24FN5O3. The van der Waals surface area contributed by atoms with Crippen LogP contribution in [0.2, 0.25) is 0 Å². The molecular weight excluding hydrogens is 437 g/mol. The first-order chi connectivity index (χ1) is 16.3. The van der Waals surface area contributed by atoms with Crippen LogP contribution in [0.1, 0.15) is 41.7 Å². The lowest BCUT2D eigenvalue weighted by Crippen LogP contribution is -2.31. The maximum Gasteiger partial charge on any atom is 0.339 e. The molecule has 2 aromatic heterocycles. The number of nitrogens with one attached hydrogen (secondary N) is 1. The largest absolute Gasteiger partial charge is 0.478 e. The maximum absolute atomic E-state index is 13.5. The topological polar surface area (TPSA) is 100 Å². The molecule has 8 nitrogen and oxygen atoms in total. The summed E-state index contributed by atoms with van der Waals surface area (Å²) < 4.78 is 15.1. The lowest BCUT2D eigenvalue weighted by atomic mass is 10.0. The van der Waals surface area contributed by atoms with Gasteiger partial charge in [-0.2, -0.15) is 0 Å². The van der Waals surface area contributed by atoms with Crippen molar-refractivity contribution in [3.05, 3.63) is 81.1 Å². The van der Waals surface area contributed by atoms with Crippen LogP contribution in [0.5, 0.6) is 0 Å². The number of aromatic nitrogens is 3. The molecule has 0 fully saturated rings. The summed E-state index contributed by atoms with van der Waals surface area (Å²) in [5, 5.41) is 13.0. The van der Waals surface area contributed by atoms with Gasteiger partial charge in [0.1, 0.15) is 17.2 Å². The number of anilines is 2. The standard InChI is InChI=1S/C25H24FN5O3/c1-14(28-22-20(24(33)34)10-17(26)11-27-22)18-8-5-9-19-21(18)29-25(30(2)23(19)32)31-12-15-6-3-4-7-16(15)13-31/h3,5-6,8-11,14H,4,7,12-13H2,1-2H3,(H,27,28)(H,33,34)/t14-/m1/s1. The number of hydrogen-bond donors (Lipinski definition) is 2. The van der Waals surface area contributed by atoms with E-state index in [9.17, 15) is 19.1 Å². The van der Waals surface area contributed by atoms with Gasteiger partial charge in [-0.1, -0.05) is 24.3 Å². The molecule has 0 saturated heterocycles. The number of para-hydroxylation sites is 1. The average molecular weight is 461 g/mol. The molecule has 0 saturated carbocycles. The Hall–Kier alpha value is -4.01. The summed E-state index contributed by atoms with van der Waals surface area (Å²) in [5.74, 6) is -1.38. The van der Waals surface area contributed by atoms with Crippen molar-refractivity contribution in [3.63, 3.8) is 0 Å². The average Bonchev–Trinajstić information content (AvgIpc) is 3.26. The normalized spacial score (nSPS) is 16.1. The maximum atomic E-state index is 13.5. The number of fused-ring (bicyclic) bond motifs is 1. The number of rotatable bonds is 5. The molecule has 0 spiro atoms. The third kappa shape index (κ3) is 3.72. The van der Waals surface area contributed by atoms with E-state index < -0.39 is 17.8 Å². The van der Waals surface area contributed by atoms with E-state index in [1.54, 1.807) is 23.7 Å². The van der Waals surface area contributed by atoms with Gasteiger partial charge >= 0.3 is 5.97 Å². The lowest BCUT2D eigenvalue weighted by molar-refractivity contribution is 0.0697. The number of nitrogens with zero attached hydrogens (tertiary/aromatic N) is 4. The lowest BCUT2D eigenvalue weighted by Gasteiger charge is -2.23. The molecule has 0 amide bonds. The van der Waals surface area contributed by atoms with Crippen LogP contribution in [0.25, 0.3) is 10.9 Å². The molecule has 0 radical (unpaired) electrons. The summed E-state index contributed by atoms with van der Waals surface area (Å²) in [4.78, 5) is 35.8. The van der Waals surface area contributed by atoms with Gasteiger partial charge in [0, 0.05) is 25.7 Å². The zero-order chi connectivity index (χ0) is 24.0. The van der Waals surface area contributed by atoms with Crippen LogP contribution in [-0.2, 0) is 7.05 Å². The van der Waals surface area contributed by atoms with Crippen LogP contribution >= 0.6 is 0 Å². The highest BCUT2D eigenvalue weighted by Crippen LogP contribution is 2.31. The van der Waals surface area contributed by atoms with E-state index in [1.165, 1.54) is 11.1 Å². The molecule has 3 aromatic rings. The molecule has 1 atom stereocenters. The second-order valence-corrected chi connectivity index (χ2v) is 8.67. The summed E-state index contributed by atoms with van der Waals surface area (Å²) in [6, 6.07) is 5.83. The number of hydrogen-bond acceptors (Lipinski definition) is 6. The molecule has 3 heterocycles. The Labute approximate surface area is 195 Å². The zero-order valence-electron chi connectivity index (χ0n) is 18.9. The van der Waals surface area contributed by atoms with Crippen molar-refractivity contribution in [1.29, 1.82) is 0 Å². The summed E-state index contributed by atoms with van der Waals surface area (Å²) in [6.07, 6.45) is 7.35. The minimum absolute atomic E-state index is 0.0469. The van der Waals surface area contributed by atoms with Gasteiger partial charge in [0.25, 0.3) is 5.56 Å². The van der Waals surface area contributed by atoms with Crippen LogP contribution in [0.3, 0.4) is 0 Å². The van der Waals surface area contributed by atoms with E-state index in [1.807, 2.05) is 13.0 Å². The van der Waals surface area contributed by atoms with Crippen molar-refractivity contribution < 1.29 is 14.3 Å². The first kappa shape index (κ1) is 21.8. The Kier molecular flexibility index (Phi) is 5.39. The van der Waals surface area contributed by atoms with Crippen LogP contribution in [0, 0.1) is 5.82 Å². The fraction of sp³-hybridized carbons (Fsp3) is 0.280. The second-order valence-electron chi connectivity index (χ2n) is 8.67. The van der Waals surface area contributed by atoms with Gasteiger partial charge in [-0.25, -0.2) is 19.2 Å². The monoisotopic (exact) mass is 461 g/mol. The first-order valence-corrected chi connectivity index (χ1v) is 11.1. The molecule has 1 aromatic carbocycles. The summed E-state index contributed by atoms with van der Waals surface area (Å²) in [7, 11) is 1.73. The number of pyridine rings is 1. The minimum atomic E-state index is -1.28. The Bertz CT molecular complexity index is 1440. The third-order valence-corrected chi connectivity index (χ3v) is 6.43. The second kappa shape index (κ2) is 8.40. The molecule has 5 rings (SSSR count). The van der Waals surface area contributed by atoms with Gasteiger partial charge in [-0.15, -0.1) is 0 Å². The highest BCUT2D eigenvalue weighted by Gasteiger charge is 2.26. The third-order valence-electron chi connectivity index (χ3n) is 6.43. The van der Waals surface area contributed by atoms with Crippen molar-refractivity contribution in [2.24, 2.45) is 7.05 Å². The van der Waals surface area contributed by atoms with Gasteiger partial charge < -0.3 is 15.3 Å². The van der Waals surface area contributed by atoms with E-state index in [4.69, 9.17) is 4.98 Å². The van der Waals surface area contributed by atoms with Gasteiger partial charge in [-0.05, 0) is 43.0 Å². The molecule has 0 unspecified atom stereocenters. The predicted molar refractivity (Wildman–Crippen MR) is 128 cm³/mol. The molecule has 1 aliphatic carbocycles. The van der Waals surface area contributed by atoms with E-state index in [-0.39, 0.29) is 16.9 Å². The molecule has 0 bridgehead atoms. The van der Waals surface area contributed by atoms with Crippen LogP contribution < -0.4 is 15.8 Å². The number of allylic oxidation sites excluding steroid dienone is 1. The van der Waals surface area contributed by atoms with Crippen molar-refractivity contribution in [3.8, 4) is 0 Å². The number of halogens is 1. The molecule has 34 heavy (non-hydrogen) atoms. The van der Waals surface area contributed by atoms with Crippen LogP contribution in [-0.4, -0.2) is 38.7 Å². The highest BCUT2D eigenvalue weighted by molar-refractivity contribution is 5.93. The molecule has 2 N–H and O–H groups in total. The van der Waals surface area contributed by atoms with E-state index in [0.717, 1.165) is 37.2 Å². The summed E-state index contributed by atoms with van der Waals surface area (Å²) in [5.41, 5.74) is 3.51. The van der Waals surface area contributed by atoms with Crippen LogP contribution in [0.15, 0.2) is 58.6 Å².